The fraction of sp³-hybridized carbons (Fsp3) is 0.333. The highest BCUT2D eigenvalue weighted by molar-refractivity contribution is 7.16. The summed E-state index contributed by atoms with van der Waals surface area (Å²) in [7, 11) is 0. The van der Waals surface area contributed by atoms with Crippen LogP contribution >= 0.6 is 22.9 Å². The number of rotatable bonds is 4. The maximum Gasteiger partial charge on any atom is 0.306 e. The first-order chi connectivity index (χ1) is 12.5. The number of halogens is 1. The standard InChI is InChI=1S/C18H16ClN3O3S/c19-13-6-2-3-10(8-13)15-14(9-20)26-18(21-15)22-16(23)11-4-1-5-12(7-11)17(24)25/h2-3,6,8,11-12H,1,4-5,7H2,(H,24,25)(H,21,22,23)/t11-,12+/m0/s1. The van der Waals surface area contributed by atoms with Crippen LogP contribution in [0.4, 0.5) is 5.13 Å². The van der Waals surface area contributed by atoms with Crippen LogP contribution in [-0.4, -0.2) is 22.0 Å². The predicted molar refractivity (Wildman–Crippen MR) is 99.0 cm³/mol. The van der Waals surface area contributed by atoms with Crippen LogP contribution in [-0.2, 0) is 9.59 Å². The monoisotopic (exact) mass is 389 g/mol. The zero-order valence-electron chi connectivity index (χ0n) is 13.7. The molecule has 2 N–H and O–H groups in total. The van der Waals surface area contributed by atoms with Crippen molar-refractivity contribution >= 4 is 39.9 Å². The van der Waals surface area contributed by atoms with Gasteiger partial charge < -0.3 is 10.4 Å². The number of hydrogen-bond acceptors (Lipinski definition) is 5. The Balaban J connectivity index is 1.77. The van der Waals surface area contributed by atoms with E-state index in [0.717, 1.165) is 11.3 Å². The number of aliphatic carboxylic acids is 1. The molecule has 1 aromatic heterocycles. The molecule has 2 aromatic rings. The Morgan fingerprint density at radius 2 is 2.12 bits per heavy atom. The van der Waals surface area contributed by atoms with E-state index in [-0.39, 0.29) is 11.8 Å². The van der Waals surface area contributed by atoms with E-state index in [1.54, 1.807) is 24.3 Å². The van der Waals surface area contributed by atoms with Gasteiger partial charge >= 0.3 is 5.97 Å². The predicted octanol–water partition coefficient (Wildman–Crippen LogP) is 4.16. The van der Waals surface area contributed by atoms with E-state index >= 15 is 0 Å². The van der Waals surface area contributed by atoms with Crippen molar-refractivity contribution in [2.45, 2.75) is 25.7 Å². The summed E-state index contributed by atoms with van der Waals surface area (Å²) >= 11 is 7.09. The number of nitriles is 1. The molecule has 1 fully saturated rings. The van der Waals surface area contributed by atoms with Gasteiger partial charge in [-0.1, -0.05) is 41.5 Å². The summed E-state index contributed by atoms with van der Waals surface area (Å²) in [6, 6.07) is 9.10. The van der Waals surface area contributed by atoms with Gasteiger partial charge in [-0.15, -0.1) is 0 Å². The summed E-state index contributed by atoms with van der Waals surface area (Å²) in [4.78, 5) is 28.4. The highest BCUT2D eigenvalue weighted by Gasteiger charge is 2.31. The van der Waals surface area contributed by atoms with Gasteiger partial charge in [0.15, 0.2) is 5.13 Å². The van der Waals surface area contributed by atoms with Gasteiger partial charge in [0, 0.05) is 16.5 Å². The van der Waals surface area contributed by atoms with Crippen molar-refractivity contribution in [3.63, 3.8) is 0 Å². The molecular formula is C18H16ClN3O3S. The van der Waals surface area contributed by atoms with Gasteiger partial charge in [-0.05, 0) is 31.4 Å². The lowest BCUT2D eigenvalue weighted by atomic mass is 9.81. The Labute approximate surface area is 159 Å². The quantitative estimate of drug-likeness (QED) is 0.816. The molecular weight excluding hydrogens is 374 g/mol. The lowest BCUT2D eigenvalue weighted by Crippen LogP contribution is -2.30. The van der Waals surface area contributed by atoms with Gasteiger partial charge in [0.1, 0.15) is 16.6 Å². The number of carboxylic acids is 1. The third kappa shape index (κ3) is 4.03. The van der Waals surface area contributed by atoms with Crippen molar-refractivity contribution in [3.05, 3.63) is 34.2 Å². The molecule has 1 heterocycles. The number of aromatic nitrogens is 1. The van der Waals surface area contributed by atoms with Crippen LogP contribution in [0.25, 0.3) is 11.3 Å². The molecule has 0 radical (unpaired) electrons. The van der Waals surface area contributed by atoms with Crippen LogP contribution in [0.2, 0.25) is 5.02 Å². The number of carbonyl (C=O) groups is 2. The third-order valence-corrected chi connectivity index (χ3v) is 5.56. The average Bonchev–Trinajstić information content (AvgIpc) is 3.04. The SMILES string of the molecule is N#Cc1sc(NC(=O)[C@H]2CCC[C@@H](C(=O)O)C2)nc1-c1cccc(Cl)c1. The van der Waals surface area contributed by atoms with Crippen molar-refractivity contribution < 1.29 is 14.7 Å². The molecule has 1 aliphatic rings. The number of anilines is 1. The van der Waals surface area contributed by atoms with Gasteiger partial charge in [0.05, 0.1) is 5.92 Å². The van der Waals surface area contributed by atoms with Gasteiger partial charge in [-0.25, -0.2) is 4.98 Å². The number of hydrogen-bond donors (Lipinski definition) is 2. The summed E-state index contributed by atoms with van der Waals surface area (Å²) in [5, 5.41) is 22.1. The van der Waals surface area contributed by atoms with Crippen molar-refractivity contribution in [1.82, 2.24) is 4.98 Å². The minimum absolute atomic E-state index is 0.244. The molecule has 0 aliphatic heterocycles. The Hall–Kier alpha value is -2.43. The first kappa shape index (κ1) is 18.4. The zero-order valence-corrected chi connectivity index (χ0v) is 15.3. The second kappa shape index (κ2) is 7.85. The number of nitrogens with zero attached hydrogens (tertiary/aromatic N) is 2. The van der Waals surface area contributed by atoms with E-state index in [1.165, 1.54) is 0 Å². The number of thiazole rings is 1. The second-order valence-electron chi connectivity index (χ2n) is 6.21. The van der Waals surface area contributed by atoms with Gasteiger partial charge in [0.25, 0.3) is 0 Å². The Kier molecular flexibility index (Phi) is 5.55. The molecule has 0 spiro atoms. The van der Waals surface area contributed by atoms with Crippen molar-refractivity contribution in [3.8, 4) is 17.3 Å². The molecule has 1 saturated carbocycles. The zero-order chi connectivity index (χ0) is 18.7. The first-order valence-corrected chi connectivity index (χ1v) is 9.38. The molecule has 0 saturated heterocycles. The maximum absolute atomic E-state index is 12.5. The van der Waals surface area contributed by atoms with E-state index in [1.807, 2.05) is 0 Å². The lowest BCUT2D eigenvalue weighted by molar-refractivity contribution is -0.143. The molecule has 6 nitrogen and oxygen atoms in total. The molecule has 2 atom stereocenters. The molecule has 3 rings (SSSR count). The lowest BCUT2D eigenvalue weighted by Gasteiger charge is -2.25. The van der Waals surface area contributed by atoms with Crippen LogP contribution in [0.5, 0.6) is 0 Å². The van der Waals surface area contributed by atoms with Crippen molar-refractivity contribution in [1.29, 1.82) is 5.26 Å². The second-order valence-corrected chi connectivity index (χ2v) is 7.64. The minimum Gasteiger partial charge on any atom is -0.481 e. The fourth-order valence-corrected chi connectivity index (χ4v) is 4.12. The van der Waals surface area contributed by atoms with Crippen LogP contribution in [0.1, 0.15) is 30.6 Å². The van der Waals surface area contributed by atoms with Crippen molar-refractivity contribution in [2.75, 3.05) is 5.32 Å². The van der Waals surface area contributed by atoms with E-state index in [0.29, 0.717) is 52.0 Å². The summed E-state index contributed by atoms with van der Waals surface area (Å²) in [5.74, 6) is -1.93. The van der Waals surface area contributed by atoms with Crippen LogP contribution in [0.15, 0.2) is 24.3 Å². The van der Waals surface area contributed by atoms with E-state index in [4.69, 9.17) is 16.7 Å². The summed E-state index contributed by atoms with van der Waals surface area (Å²) in [6.07, 6.45) is 2.31. The van der Waals surface area contributed by atoms with Gasteiger partial charge in [0.2, 0.25) is 5.91 Å². The van der Waals surface area contributed by atoms with E-state index < -0.39 is 11.9 Å². The molecule has 134 valence electrons. The van der Waals surface area contributed by atoms with E-state index in [9.17, 15) is 14.9 Å². The number of carboxylic acid groups (broad SMARTS) is 1. The molecule has 0 unspecified atom stereocenters. The first-order valence-electron chi connectivity index (χ1n) is 8.18. The van der Waals surface area contributed by atoms with E-state index in [2.05, 4.69) is 16.4 Å². The van der Waals surface area contributed by atoms with Crippen LogP contribution in [0.3, 0.4) is 0 Å². The highest BCUT2D eigenvalue weighted by Crippen LogP contribution is 2.34. The maximum atomic E-state index is 12.5. The summed E-state index contributed by atoms with van der Waals surface area (Å²) in [6.45, 7) is 0. The summed E-state index contributed by atoms with van der Waals surface area (Å²) in [5.41, 5.74) is 1.18. The number of nitrogens with one attached hydrogen (secondary N) is 1. The topological polar surface area (TPSA) is 103 Å². The molecule has 1 aliphatic carbocycles. The third-order valence-electron chi connectivity index (χ3n) is 4.45. The summed E-state index contributed by atoms with van der Waals surface area (Å²) < 4.78 is 0. The molecule has 1 amide bonds. The smallest absolute Gasteiger partial charge is 0.306 e. The Morgan fingerprint density at radius 1 is 1.35 bits per heavy atom. The highest BCUT2D eigenvalue weighted by atomic mass is 35.5. The molecule has 26 heavy (non-hydrogen) atoms. The molecule has 8 heteroatoms. The van der Waals surface area contributed by atoms with Crippen LogP contribution in [0, 0.1) is 23.2 Å². The van der Waals surface area contributed by atoms with Crippen molar-refractivity contribution in [2.24, 2.45) is 11.8 Å². The fourth-order valence-electron chi connectivity index (χ4n) is 3.14. The van der Waals surface area contributed by atoms with Gasteiger partial charge in [-0.3, -0.25) is 9.59 Å². The normalized spacial score (nSPS) is 19.5. The minimum atomic E-state index is -0.855. The van der Waals surface area contributed by atoms with Crippen LogP contribution < -0.4 is 5.32 Å². The Morgan fingerprint density at radius 3 is 2.81 bits per heavy atom. The molecule has 1 aromatic carbocycles. The van der Waals surface area contributed by atoms with Gasteiger partial charge in [-0.2, -0.15) is 5.26 Å². The average molecular weight is 390 g/mol. The largest absolute Gasteiger partial charge is 0.481 e. The molecule has 0 bridgehead atoms. The number of benzene rings is 1. The Bertz CT molecular complexity index is 890. The number of amides is 1. The number of carbonyl (C=O) groups excluding carboxylic acids is 1.